The molecule has 6 heteroatoms. The van der Waals surface area contributed by atoms with Crippen molar-refractivity contribution in [3.05, 3.63) is 82.4 Å². The van der Waals surface area contributed by atoms with Gasteiger partial charge in [0.15, 0.2) is 0 Å². The Morgan fingerprint density at radius 2 is 1.85 bits per heavy atom. The Morgan fingerprint density at radius 3 is 2.46 bits per heavy atom. The van der Waals surface area contributed by atoms with Gasteiger partial charge >= 0.3 is 0 Å². The average molecular weight is 388 g/mol. The van der Waals surface area contributed by atoms with Crippen LogP contribution in [0.25, 0.3) is 0 Å². The molecule has 1 aromatic heterocycles. The normalized spacial score (nSPS) is 11.4. The Labute approximate surface area is 162 Å². The summed E-state index contributed by atoms with van der Waals surface area (Å²) < 4.78 is 1.99. The largest absolute Gasteiger partial charge is 0.333 e. The maximum atomic E-state index is 12.8. The van der Waals surface area contributed by atoms with Gasteiger partial charge in [0.05, 0.1) is 21.8 Å². The number of hydrogen-bond donors (Lipinski definition) is 1. The van der Waals surface area contributed by atoms with Crippen molar-refractivity contribution in [3.63, 3.8) is 0 Å². The first-order chi connectivity index (χ1) is 12.4. The summed E-state index contributed by atoms with van der Waals surface area (Å²) in [5, 5.41) is 3.88. The minimum absolute atomic E-state index is 0.113. The molecule has 0 aliphatic rings. The van der Waals surface area contributed by atoms with E-state index in [1.54, 1.807) is 24.7 Å². The summed E-state index contributed by atoms with van der Waals surface area (Å²) in [5.74, 6) is -0.113. The van der Waals surface area contributed by atoms with Gasteiger partial charge in [-0.2, -0.15) is 0 Å². The van der Waals surface area contributed by atoms with Gasteiger partial charge in [-0.15, -0.1) is 0 Å². The molecule has 1 heterocycles. The highest BCUT2D eigenvalue weighted by Crippen LogP contribution is 2.31. The van der Waals surface area contributed by atoms with Crippen LogP contribution in [0.15, 0.2) is 61.2 Å². The zero-order chi connectivity index (χ0) is 18.7. The number of nitrogens with zero attached hydrogens (tertiary/aromatic N) is 2. The molecule has 4 nitrogen and oxygen atoms in total. The van der Waals surface area contributed by atoms with Crippen molar-refractivity contribution in [2.24, 2.45) is 0 Å². The fraction of sp³-hybridized carbons (Fsp3) is 0.200. The lowest BCUT2D eigenvalue weighted by molar-refractivity contribution is -0.120. The number of rotatable bonds is 5. The Kier molecular flexibility index (Phi) is 5.35. The van der Waals surface area contributed by atoms with Crippen molar-refractivity contribution < 1.29 is 4.79 Å². The third kappa shape index (κ3) is 4.09. The zero-order valence-corrected chi connectivity index (χ0v) is 16.1. The number of hydrogen-bond acceptors (Lipinski definition) is 2. The van der Waals surface area contributed by atoms with Crippen LogP contribution in [0.2, 0.25) is 10.0 Å². The summed E-state index contributed by atoms with van der Waals surface area (Å²) in [6.45, 7) is 4.45. The van der Waals surface area contributed by atoms with Gasteiger partial charge in [0.2, 0.25) is 5.91 Å². The van der Waals surface area contributed by atoms with E-state index in [0.29, 0.717) is 10.0 Å². The van der Waals surface area contributed by atoms with Gasteiger partial charge in [-0.3, -0.25) is 4.79 Å². The molecule has 0 radical (unpaired) electrons. The molecule has 3 aromatic rings. The second-order valence-electron chi connectivity index (χ2n) is 6.64. The molecule has 26 heavy (non-hydrogen) atoms. The molecule has 0 unspecified atom stereocenters. The molecule has 3 rings (SSSR count). The molecule has 0 saturated heterocycles. The summed E-state index contributed by atoms with van der Waals surface area (Å²) in [6, 6.07) is 13.0. The number of benzene rings is 2. The Balaban J connectivity index is 1.71. The molecule has 0 aliphatic heterocycles. The number of nitrogens with one attached hydrogen (secondary N) is 1. The van der Waals surface area contributed by atoms with Crippen LogP contribution in [0.1, 0.15) is 25.0 Å². The fourth-order valence-electron chi connectivity index (χ4n) is 2.59. The number of anilines is 1. The topological polar surface area (TPSA) is 46.9 Å². The van der Waals surface area contributed by atoms with E-state index in [2.05, 4.69) is 10.3 Å². The SMILES string of the molecule is CC(C)(C(=O)Nc1ccc(Cn2ccnc2)cc1)c1ccc(Cl)c(Cl)c1. The smallest absolute Gasteiger partial charge is 0.234 e. The third-order valence-electron chi connectivity index (χ3n) is 4.35. The van der Waals surface area contributed by atoms with Gasteiger partial charge in [0, 0.05) is 24.6 Å². The molecule has 0 spiro atoms. The first-order valence-corrected chi connectivity index (χ1v) is 8.93. The van der Waals surface area contributed by atoms with Crippen LogP contribution in [0.3, 0.4) is 0 Å². The molecule has 2 aromatic carbocycles. The van der Waals surface area contributed by atoms with Crippen LogP contribution in [-0.2, 0) is 16.8 Å². The van der Waals surface area contributed by atoms with Crippen LogP contribution < -0.4 is 5.32 Å². The standard InChI is InChI=1S/C20H19Cl2N3O/c1-20(2,15-5-8-17(21)18(22)11-15)19(26)24-16-6-3-14(4-7-16)12-25-10-9-23-13-25/h3-11,13H,12H2,1-2H3,(H,24,26). The van der Waals surface area contributed by atoms with Gasteiger partial charge in [-0.25, -0.2) is 4.98 Å². The molecule has 0 aliphatic carbocycles. The monoisotopic (exact) mass is 387 g/mol. The minimum atomic E-state index is -0.746. The summed E-state index contributed by atoms with van der Waals surface area (Å²) in [5.41, 5.74) is 1.94. The first kappa shape index (κ1) is 18.5. The molecule has 1 N–H and O–H groups in total. The van der Waals surface area contributed by atoms with E-state index in [4.69, 9.17) is 23.2 Å². The van der Waals surface area contributed by atoms with Crippen LogP contribution in [0.5, 0.6) is 0 Å². The zero-order valence-electron chi connectivity index (χ0n) is 14.5. The van der Waals surface area contributed by atoms with Gasteiger partial charge < -0.3 is 9.88 Å². The molecule has 0 bridgehead atoms. The van der Waals surface area contributed by atoms with Crippen LogP contribution in [0, 0.1) is 0 Å². The number of amides is 1. The van der Waals surface area contributed by atoms with Crippen molar-refractivity contribution in [3.8, 4) is 0 Å². The average Bonchev–Trinajstić information content (AvgIpc) is 3.12. The summed E-state index contributed by atoms with van der Waals surface area (Å²) in [4.78, 5) is 16.8. The molecule has 1 amide bonds. The van der Waals surface area contributed by atoms with Gasteiger partial charge in [0.1, 0.15) is 0 Å². The predicted octanol–water partition coefficient (Wildman–Crippen LogP) is 5.15. The quantitative estimate of drug-likeness (QED) is 0.657. The number of carbonyl (C=O) groups excluding carboxylic acids is 1. The van der Waals surface area contributed by atoms with E-state index in [1.165, 1.54) is 0 Å². The maximum absolute atomic E-state index is 12.8. The summed E-state index contributed by atoms with van der Waals surface area (Å²) in [6.07, 6.45) is 5.44. The number of carbonyl (C=O) groups is 1. The molecular weight excluding hydrogens is 369 g/mol. The molecule has 134 valence electrons. The van der Waals surface area contributed by atoms with E-state index >= 15 is 0 Å². The van der Waals surface area contributed by atoms with Gasteiger partial charge in [-0.1, -0.05) is 41.4 Å². The molecule has 0 fully saturated rings. The van der Waals surface area contributed by atoms with Crippen molar-refractivity contribution in [1.29, 1.82) is 0 Å². The highest BCUT2D eigenvalue weighted by Gasteiger charge is 2.30. The van der Waals surface area contributed by atoms with Crippen LogP contribution in [-0.4, -0.2) is 15.5 Å². The first-order valence-electron chi connectivity index (χ1n) is 8.18. The van der Waals surface area contributed by atoms with Gasteiger partial charge in [0.25, 0.3) is 0 Å². The number of imidazole rings is 1. The summed E-state index contributed by atoms with van der Waals surface area (Å²) in [7, 11) is 0. The number of aromatic nitrogens is 2. The summed E-state index contributed by atoms with van der Waals surface area (Å²) >= 11 is 12.1. The Bertz CT molecular complexity index is 903. The van der Waals surface area contributed by atoms with E-state index in [-0.39, 0.29) is 5.91 Å². The molecule has 0 atom stereocenters. The Hall–Kier alpha value is -2.30. The van der Waals surface area contributed by atoms with E-state index in [0.717, 1.165) is 23.4 Å². The molecule has 0 saturated carbocycles. The third-order valence-corrected chi connectivity index (χ3v) is 5.08. The lowest BCUT2D eigenvalue weighted by Crippen LogP contribution is -2.34. The highest BCUT2D eigenvalue weighted by molar-refractivity contribution is 6.42. The number of halogens is 2. The highest BCUT2D eigenvalue weighted by atomic mass is 35.5. The second-order valence-corrected chi connectivity index (χ2v) is 7.45. The predicted molar refractivity (Wildman–Crippen MR) is 106 cm³/mol. The minimum Gasteiger partial charge on any atom is -0.333 e. The van der Waals surface area contributed by atoms with Crippen molar-refractivity contribution >= 4 is 34.8 Å². The van der Waals surface area contributed by atoms with Crippen LogP contribution in [0.4, 0.5) is 5.69 Å². The van der Waals surface area contributed by atoms with Crippen molar-refractivity contribution in [2.75, 3.05) is 5.32 Å². The maximum Gasteiger partial charge on any atom is 0.234 e. The van der Waals surface area contributed by atoms with Crippen molar-refractivity contribution in [2.45, 2.75) is 25.8 Å². The Morgan fingerprint density at radius 1 is 1.12 bits per heavy atom. The second kappa shape index (κ2) is 7.52. The lowest BCUT2D eigenvalue weighted by Gasteiger charge is -2.24. The van der Waals surface area contributed by atoms with E-state index < -0.39 is 5.41 Å². The van der Waals surface area contributed by atoms with Gasteiger partial charge in [-0.05, 0) is 49.2 Å². The van der Waals surface area contributed by atoms with Crippen molar-refractivity contribution in [1.82, 2.24) is 9.55 Å². The molecular formula is C20H19Cl2N3O. The van der Waals surface area contributed by atoms with E-state index in [9.17, 15) is 4.79 Å². The fourth-order valence-corrected chi connectivity index (χ4v) is 2.89. The lowest BCUT2D eigenvalue weighted by atomic mass is 9.83. The van der Waals surface area contributed by atoms with E-state index in [1.807, 2.05) is 54.9 Å². The van der Waals surface area contributed by atoms with Crippen LogP contribution >= 0.6 is 23.2 Å².